The van der Waals surface area contributed by atoms with E-state index in [4.69, 9.17) is 5.73 Å². The molecule has 1 saturated heterocycles. The fraction of sp³-hybridized carbons (Fsp3) is 0.588. The van der Waals surface area contributed by atoms with Crippen LogP contribution in [0, 0.1) is 6.92 Å². The zero-order valence-electron chi connectivity index (χ0n) is 12.9. The summed E-state index contributed by atoms with van der Waals surface area (Å²) in [6, 6.07) is 8.56. The highest BCUT2D eigenvalue weighted by Gasteiger charge is 2.39. The maximum absolute atomic E-state index is 12.8. The molecule has 1 fully saturated rings. The summed E-state index contributed by atoms with van der Waals surface area (Å²) in [6.45, 7) is 6.95. The number of nitrogens with two attached hydrogens (primary N) is 1. The minimum absolute atomic E-state index is 0.119. The van der Waals surface area contributed by atoms with Gasteiger partial charge < -0.3 is 10.6 Å². The van der Waals surface area contributed by atoms with Crippen molar-refractivity contribution in [3.63, 3.8) is 0 Å². The Hall–Kier alpha value is -1.35. The van der Waals surface area contributed by atoms with Gasteiger partial charge in [-0.1, -0.05) is 38.1 Å². The van der Waals surface area contributed by atoms with Crippen molar-refractivity contribution in [1.82, 2.24) is 4.90 Å². The number of hydrogen-bond acceptors (Lipinski definition) is 2. The monoisotopic (exact) mass is 274 g/mol. The lowest BCUT2D eigenvalue weighted by Crippen LogP contribution is -2.54. The third-order valence-corrected chi connectivity index (χ3v) is 4.75. The summed E-state index contributed by atoms with van der Waals surface area (Å²) in [5.41, 5.74) is 8.13. The van der Waals surface area contributed by atoms with Crippen molar-refractivity contribution in [2.45, 2.75) is 58.0 Å². The number of nitrogens with zero attached hydrogens (tertiary/aromatic N) is 1. The van der Waals surface area contributed by atoms with Crippen molar-refractivity contribution in [2.75, 3.05) is 6.54 Å². The van der Waals surface area contributed by atoms with Gasteiger partial charge in [-0.05, 0) is 43.7 Å². The highest BCUT2D eigenvalue weighted by atomic mass is 16.2. The van der Waals surface area contributed by atoms with E-state index in [1.807, 2.05) is 24.8 Å². The quantitative estimate of drug-likeness (QED) is 0.916. The smallest absolute Gasteiger partial charge is 0.243 e. The SMILES string of the molecule is CCC(N)(CC)C(=O)N1CCCC1c1ccccc1C. The molecule has 0 radical (unpaired) electrons. The van der Waals surface area contributed by atoms with E-state index in [0.717, 1.165) is 19.4 Å². The van der Waals surface area contributed by atoms with Crippen LogP contribution >= 0.6 is 0 Å². The largest absolute Gasteiger partial charge is 0.334 e. The molecule has 3 heteroatoms. The van der Waals surface area contributed by atoms with E-state index in [9.17, 15) is 4.79 Å². The molecule has 3 nitrogen and oxygen atoms in total. The number of carbonyl (C=O) groups excluding carboxylic acids is 1. The zero-order valence-corrected chi connectivity index (χ0v) is 12.9. The summed E-state index contributed by atoms with van der Waals surface area (Å²) >= 11 is 0. The Balaban J connectivity index is 2.28. The fourth-order valence-electron chi connectivity index (χ4n) is 3.13. The summed E-state index contributed by atoms with van der Waals surface area (Å²) in [5, 5.41) is 0. The van der Waals surface area contributed by atoms with Crippen LogP contribution in [0.4, 0.5) is 0 Å². The van der Waals surface area contributed by atoms with Crippen LogP contribution in [0.5, 0.6) is 0 Å². The molecule has 0 aliphatic carbocycles. The number of amides is 1. The molecular weight excluding hydrogens is 248 g/mol. The molecule has 0 aromatic heterocycles. The molecule has 1 aromatic rings. The molecule has 1 heterocycles. The lowest BCUT2D eigenvalue weighted by Gasteiger charge is -2.34. The summed E-state index contributed by atoms with van der Waals surface area (Å²) < 4.78 is 0. The van der Waals surface area contributed by atoms with Crippen LogP contribution in [-0.2, 0) is 4.79 Å². The van der Waals surface area contributed by atoms with E-state index in [-0.39, 0.29) is 11.9 Å². The summed E-state index contributed by atoms with van der Waals surface area (Å²) in [6.07, 6.45) is 3.49. The number of likely N-dealkylation sites (tertiary alicyclic amines) is 1. The van der Waals surface area contributed by atoms with Crippen molar-refractivity contribution < 1.29 is 4.79 Å². The van der Waals surface area contributed by atoms with E-state index in [2.05, 4.69) is 25.1 Å². The molecular formula is C17H26N2O. The van der Waals surface area contributed by atoms with E-state index in [1.165, 1.54) is 11.1 Å². The predicted octanol–water partition coefficient (Wildman–Crippen LogP) is 3.18. The Morgan fingerprint density at radius 3 is 2.60 bits per heavy atom. The molecule has 1 aromatic carbocycles. The minimum Gasteiger partial charge on any atom is -0.334 e. The fourth-order valence-corrected chi connectivity index (χ4v) is 3.13. The Bertz CT molecular complexity index is 480. The molecule has 1 unspecified atom stereocenters. The van der Waals surface area contributed by atoms with Crippen LogP contribution in [0.25, 0.3) is 0 Å². The van der Waals surface area contributed by atoms with Crippen LogP contribution in [0.2, 0.25) is 0 Å². The normalized spacial score (nSPS) is 19.4. The third kappa shape index (κ3) is 2.59. The average molecular weight is 274 g/mol. The second kappa shape index (κ2) is 5.96. The van der Waals surface area contributed by atoms with Crippen molar-refractivity contribution in [3.8, 4) is 0 Å². The van der Waals surface area contributed by atoms with Crippen LogP contribution < -0.4 is 5.73 Å². The maximum atomic E-state index is 12.8. The highest BCUT2D eigenvalue weighted by molar-refractivity contribution is 5.86. The van der Waals surface area contributed by atoms with Crippen molar-refractivity contribution in [3.05, 3.63) is 35.4 Å². The van der Waals surface area contributed by atoms with E-state index >= 15 is 0 Å². The Morgan fingerprint density at radius 2 is 2.00 bits per heavy atom. The van der Waals surface area contributed by atoms with Gasteiger partial charge >= 0.3 is 0 Å². The van der Waals surface area contributed by atoms with Crippen LogP contribution in [0.15, 0.2) is 24.3 Å². The Morgan fingerprint density at radius 1 is 1.35 bits per heavy atom. The van der Waals surface area contributed by atoms with Gasteiger partial charge in [-0.25, -0.2) is 0 Å². The zero-order chi connectivity index (χ0) is 14.8. The number of benzene rings is 1. The summed E-state index contributed by atoms with van der Waals surface area (Å²) in [5.74, 6) is 0.119. The lowest BCUT2D eigenvalue weighted by atomic mass is 9.91. The van der Waals surface area contributed by atoms with Gasteiger partial charge in [-0.3, -0.25) is 4.79 Å². The van der Waals surface area contributed by atoms with Crippen molar-refractivity contribution >= 4 is 5.91 Å². The Labute approximate surface area is 122 Å². The van der Waals surface area contributed by atoms with Gasteiger partial charge in [0.05, 0.1) is 11.6 Å². The third-order valence-electron chi connectivity index (χ3n) is 4.75. The molecule has 1 aliphatic rings. The van der Waals surface area contributed by atoms with Crippen molar-refractivity contribution in [1.29, 1.82) is 0 Å². The molecule has 110 valence electrons. The number of carbonyl (C=O) groups is 1. The first-order valence-electron chi connectivity index (χ1n) is 7.69. The van der Waals surface area contributed by atoms with Crippen molar-refractivity contribution in [2.24, 2.45) is 5.73 Å². The van der Waals surface area contributed by atoms with Gasteiger partial charge in [0.25, 0.3) is 0 Å². The molecule has 1 amide bonds. The topological polar surface area (TPSA) is 46.3 Å². The van der Waals surface area contributed by atoms with Gasteiger partial charge in [-0.15, -0.1) is 0 Å². The van der Waals surface area contributed by atoms with Gasteiger partial charge in [-0.2, -0.15) is 0 Å². The van der Waals surface area contributed by atoms with E-state index in [1.54, 1.807) is 0 Å². The highest BCUT2D eigenvalue weighted by Crippen LogP contribution is 2.35. The molecule has 2 rings (SSSR count). The van der Waals surface area contributed by atoms with Gasteiger partial charge in [0, 0.05) is 6.54 Å². The van der Waals surface area contributed by atoms with Crippen LogP contribution in [-0.4, -0.2) is 22.9 Å². The number of hydrogen-bond donors (Lipinski definition) is 1. The standard InChI is InChI=1S/C17H26N2O/c1-4-17(18,5-2)16(20)19-12-8-11-15(19)14-10-7-6-9-13(14)3/h6-7,9-10,15H,4-5,8,11-12,18H2,1-3H3. The van der Waals surface area contributed by atoms with E-state index in [0.29, 0.717) is 12.8 Å². The molecule has 0 bridgehead atoms. The first kappa shape index (κ1) is 15.0. The van der Waals surface area contributed by atoms with E-state index < -0.39 is 5.54 Å². The first-order chi connectivity index (χ1) is 9.53. The van der Waals surface area contributed by atoms with Crippen LogP contribution in [0.3, 0.4) is 0 Å². The molecule has 1 atom stereocenters. The number of rotatable bonds is 4. The molecule has 0 saturated carbocycles. The molecule has 20 heavy (non-hydrogen) atoms. The molecule has 1 aliphatic heterocycles. The summed E-state index contributed by atoms with van der Waals surface area (Å²) in [4.78, 5) is 14.8. The maximum Gasteiger partial charge on any atom is 0.243 e. The summed E-state index contributed by atoms with van der Waals surface area (Å²) in [7, 11) is 0. The van der Waals surface area contributed by atoms with Crippen LogP contribution in [0.1, 0.15) is 56.7 Å². The molecule has 0 spiro atoms. The van der Waals surface area contributed by atoms with Gasteiger partial charge in [0.15, 0.2) is 0 Å². The Kier molecular flexibility index (Phi) is 4.48. The van der Waals surface area contributed by atoms with Gasteiger partial charge in [0.1, 0.15) is 0 Å². The predicted molar refractivity (Wildman–Crippen MR) is 82.4 cm³/mol. The first-order valence-corrected chi connectivity index (χ1v) is 7.69. The lowest BCUT2D eigenvalue weighted by molar-refractivity contribution is -0.138. The van der Waals surface area contributed by atoms with Gasteiger partial charge in [0.2, 0.25) is 5.91 Å². The number of aryl methyl sites for hydroxylation is 1. The average Bonchev–Trinajstić information content (AvgIpc) is 2.95. The molecule has 2 N–H and O–H groups in total. The second-order valence-corrected chi connectivity index (χ2v) is 5.88. The second-order valence-electron chi connectivity index (χ2n) is 5.88. The minimum atomic E-state index is -0.703.